The molecule has 0 aromatic heterocycles. The number of hydrazine groups is 1. The average Bonchev–Trinajstić information content (AvgIpc) is 2.93. The number of hydrogen-bond acceptors (Lipinski definition) is 5. The SMILES string of the molecule is COC(=O)NC1CCN(Cc2cccc(C(=O)NN)c2)C1. The summed E-state index contributed by atoms with van der Waals surface area (Å²) in [6, 6.07) is 7.45. The van der Waals surface area contributed by atoms with Crippen LogP contribution in [-0.4, -0.2) is 43.1 Å². The van der Waals surface area contributed by atoms with Crippen LogP contribution in [0.2, 0.25) is 0 Å². The van der Waals surface area contributed by atoms with Gasteiger partial charge in [0, 0.05) is 31.2 Å². The number of nitrogens with zero attached hydrogens (tertiary/aromatic N) is 1. The number of likely N-dealkylation sites (tertiary alicyclic amines) is 1. The first-order valence-electron chi connectivity index (χ1n) is 6.79. The van der Waals surface area contributed by atoms with Gasteiger partial charge in [0.05, 0.1) is 7.11 Å². The van der Waals surface area contributed by atoms with E-state index < -0.39 is 6.09 Å². The van der Waals surface area contributed by atoms with Gasteiger partial charge in [0.1, 0.15) is 0 Å². The number of nitrogen functional groups attached to an aromatic ring is 1. The number of benzene rings is 1. The second kappa shape index (κ2) is 7.05. The van der Waals surface area contributed by atoms with Crippen molar-refractivity contribution in [1.29, 1.82) is 0 Å². The Morgan fingerprint density at radius 1 is 1.48 bits per heavy atom. The van der Waals surface area contributed by atoms with Crippen LogP contribution in [-0.2, 0) is 11.3 Å². The van der Waals surface area contributed by atoms with Gasteiger partial charge in [-0.15, -0.1) is 0 Å². The van der Waals surface area contributed by atoms with Gasteiger partial charge < -0.3 is 10.1 Å². The number of methoxy groups -OCH3 is 1. The molecule has 1 aliphatic rings. The predicted molar refractivity (Wildman–Crippen MR) is 77.3 cm³/mol. The van der Waals surface area contributed by atoms with Crippen molar-refractivity contribution >= 4 is 12.0 Å². The molecule has 7 nitrogen and oxygen atoms in total. The van der Waals surface area contributed by atoms with Crippen molar-refractivity contribution < 1.29 is 14.3 Å². The molecule has 0 saturated carbocycles. The van der Waals surface area contributed by atoms with Crippen molar-refractivity contribution in [3.8, 4) is 0 Å². The lowest BCUT2D eigenvalue weighted by Crippen LogP contribution is -2.36. The van der Waals surface area contributed by atoms with E-state index in [1.807, 2.05) is 18.2 Å². The highest BCUT2D eigenvalue weighted by Gasteiger charge is 2.24. The number of ether oxygens (including phenoxy) is 1. The molecular weight excluding hydrogens is 272 g/mol. The van der Waals surface area contributed by atoms with Gasteiger partial charge in [-0.05, 0) is 24.1 Å². The number of alkyl carbamates (subject to hydrolysis) is 1. The standard InChI is InChI=1S/C14H20N4O3/c1-21-14(20)16-12-5-6-18(9-12)8-10-3-2-4-11(7-10)13(19)17-15/h2-4,7,12H,5-6,8-9,15H2,1H3,(H,16,20)(H,17,19). The molecule has 7 heteroatoms. The Hall–Kier alpha value is -2.12. The van der Waals surface area contributed by atoms with Gasteiger partial charge in [-0.1, -0.05) is 12.1 Å². The van der Waals surface area contributed by atoms with E-state index in [0.717, 1.165) is 31.6 Å². The Morgan fingerprint density at radius 2 is 2.29 bits per heavy atom. The van der Waals surface area contributed by atoms with Crippen LogP contribution in [0, 0.1) is 0 Å². The Morgan fingerprint density at radius 3 is 3.00 bits per heavy atom. The summed E-state index contributed by atoms with van der Waals surface area (Å²) in [7, 11) is 1.36. The van der Waals surface area contributed by atoms with Crippen molar-refractivity contribution in [3.05, 3.63) is 35.4 Å². The zero-order valence-corrected chi connectivity index (χ0v) is 12.0. The van der Waals surface area contributed by atoms with Gasteiger partial charge in [-0.2, -0.15) is 0 Å². The molecule has 0 bridgehead atoms. The summed E-state index contributed by atoms with van der Waals surface area (Å²) in [5.74, 6) is 4.83. The van der Waals surface area contributed by atoms with Crippen molar-refractivity contribution in [2.75, 3.05) is 20.2 Å². The molecule has 0 spiro atoms. The van der Waals surface area contributed by atoms with E-state index in [2.05, 4.69) is 20.4 Å². The van der Waals surface area contributed by atoms with E-state index in [-0.39, 0.29) is 11.9 Å². The van der Waals surface area contributed by atoms with Crippen molar-refractivity contribution in [2.24, 2.45) is 5.84 Å². The molecule has 1 unspecified atom stereocenters. The maximum absolute atomic E-state index is 11.5. The lowest BCUT2D eigenvalue weighted by molar-refractivity contribution is 0.0953. The average molecular weight is 292 g/mol. The third kappa shape index (κ3) is 4.17. The van der Waals surface area contributed by atoms with Crippen molar-refractivity contribution in [1.82, 2.24) is 15.6 Å². The highest BCUT2D eigenvalue weighted by Crippen LogP contribution is 2.14. The summed E-state index contributed by atoms with van der Waals surface area (Å²) in [6.07, 6.45) is 0.487. The largest absolute Gasteiger partial charge is 0.453 e. The van der Waals surface area contributed by atoms with Gasteiger partial charge in [0.25, 0.3) is 5.91 Å². The number of hydrogen-bond donors (Lipinski definition) is 3. The molecule has 4 N–H and O–H groups in total. The van der Waals surface area contributed by atoms with Gasteiger partial charge in [-0.25, -0.2) is 10.6 Å². The van der Waals surface area contributed by atoms with Crippen molar-refractivity contribution in [2.45, 2.75) is 19.0 Å². The molecular formula is C14H20N4O3. The molecule has 2 rings (SSSR count). The molecule has 1 aromatic rings. The molecule has 1 heterocycles. The number of nitrogens with two attached hydrogens (primary N) is 1. The maximum atomic E-state index is 11.5. The van der Waals surface area contributed by atoms with Crippen LogP contribution in [0.4, 0.5) is 4.79 Å². The second-order valence-electron chi connectivity index (χ2n) is 5.03. The normalized spacial score (nSPS) is 18.3. The van der Waals surface area contributed by atoms with Gasteiger partial charge in [-0.3, -0.25) is 15.1 Å². The quantitative estimate of drug-likeness (QED) is 0.419. The molecule has 21 heavy (non-hydrogen) atoms. The molecule has 1 aliphatic heterocycles. The Bertz CT molecular complexity index is 521. The number of amides is 2. The van der Waals surface area contributed by atoms with Gasteiger partial charge >= 0.3 is 6.09 Å². The van der Waals surface area contributed by atoms with Crippen LogP contribution < -0.4 is 16.6 Å². The highest BCUT2D eigenvalue weighted by atomic mass is 16.5. The van der Waals surface area contributed by atoms with Crippen LogP contribution in [0.3, 0.4) is 0 Å². The highest BCUT2D eigenvalue weighted by molar-refractivity contribution is 5.93. The molecule has 1 saturated heterocycles. The van der Waals surface area contributed by atoms with Crippen LogP contribution in [0.25, 0.3) is 0 Å². The molecule has 1 atom stereocenters. The van der Waals surface area contributed by atoms with Gasteiger partial charge in [0.15, 0.2) is 0 Å². The van der Waals surface area contributed by atoms with Crippen LogP contribution in [0.1, 0.15) is 22.3 Å². The number of carbonyl (C=O) groups excluding carboxylic acids is 2. The summed E-state index contributed by atoms with van der Waals surface area (Å²) in [6.45, 7) is 2.38. The molecule has 0 radical (unpaired) electrons. The lowest BCUT2D eigenvalue weighted by atomic mass is 10.1. The minimum absolute atomic E-state index is 0.105. The maximum Gasteiger partial charge on any atom is 0.407 e. The third-order valence-corrected chi connectivity index (χ3v) is 3.51. The molecule has 2 amide bonds. The Labute approximate surface area is 123 Å². The fraction of sp³-hybridized carbons (Fsp3) is 0.429. The summed E-state index contributed by atoms with van der Waals surface area (Å²) < 4.78 is 4.60. The second-order valence-corrected chi connectivity index (χ2v) is 5.03. The number of carbonyl (C=O) groups is 2. The number of nitrogens with one attached hydrogen (secondary N) is 2. The summed E-state index contributed by atoms with van der Waals surface area (Å²) >= 11 is 0. The van der Waals surface area contributed by atoms with E-state index in [1.54, 1.807) is 6.07 Å². The van der Waals surface area contributed by atoms with E-state index in [0.29, 0.717) is 5.56 Å². The number of rotatable bonds is 4. The fourth-order valence-corrected chi connectivity index (χ4v) is 2.47. The van der Waals surface area contributed by atoms with Crippen LogP contribution >= 0.6 is 0 Å². The smallest absolute Gasteiger partial charge is 0.407 e. The predicted octanol–water partition coefficient (Wildman–Crippen LogP) is 0.220. The van der Waals surface area contributed by atoms with Crippen LogP contribution in [0.15, 0.2) is 24.3 Å². The van der Waals surface area contributed by atoms with E-state index in [4.69, 9.17) is 5.84 Å². The molecule has 1 fully saturated rings. The van der Waals surface area contributed by atoms with Crippen LogP contribution in [0.5, 0.6) is 0 Å². The first-order valence-corrected chi connectivity index (χ1v) is 6.79. The van der Waals surface area contributed by atoms with Gasteiger partial charge in [0.2, 0.25) is 0 Å². The zero-order valence-electron chi connectivity index (χ0n) is 12.0. The minimum atomic E-state index is -0.400. The Kier molecular flexibility index (Phi) is 5.13. The molecule has 1 aromatic carbocycles. The first-order chi connectivity index (χ1) is 10.1. The topological polar surface area (TPSA) is 96.7 Å². The lowest BCUT2D eigenvalue weighted by Gasteiger charge is -2.16. The summed E-state index contributed by atoms with van der Waals surface area (Å²) in [4.78, 5) is 24.9. The molecule has 0 aliphatic carbocycles. The monoisotopic (exact) mass is 292 g/mol. The van der Waals surface area contributed by atoms with E-state index in [1.165, 1.54) is 7.11 Å². The third-order valence-electron chi connectivity index (χ3n) is 3.51. The molecule has 114 valence electrons. The van der Waals surface area contributed by atoms with E-state index in [9.17, 15) is 9.59 Å². The van der Waals surface area contributed by atoms with E-state index >= 15 is 0 Å². The minimum Gasteiger partial charge on any atom is -0.453 e. The fourth-order valence-electron chi connectivity index (χ4n) is 2.47. The summed E-state index contributed by atoms with van der Waals surface area (Å²) in [5.41, 5.74) is 3.70. The Balaban J connectivity index is 1.91. The first kappa shape index (κ1) is 15.3. The summed E-state index contributed by atoms with van der Waals surface area (Å²) in [5, 5.41) is 2.80. The zero-order chi connectivity index (χ0) is 15.2. The van der Waals surface area contributed by atoms with Crippen molar-refractivity contribution in [3.63, 3.8) is 0 Å².